The summed E-state index contributed by atoms with van der Waals surface area (Å²) in [5.74, 6) is 0.826. The maximum absolute atomic E-state index is 5.31. The second-order valence-electron chi connectivity index (χ2n) is 4.00. The van der Waals surface area contributed by atoms with Crippen molar-refractivity contribution in [3.63, 3.8) is 0 Å². The largest absolute Gasteiger partial charge is 0.496 e. The van der Waals surface area contributed by atoms with Gasteiger partial charge in [0.2, 0.25) is 0 Å². The van der Waals surface area contributed by atoms with Crippen LogP contribution in [-0.2, 0) is 0 Å². The van der Waals surface area contributed by atoms with Crippen molar-refractivity contribution in [2.75, 3.05) is 7.11 Å². The van der Waals surface area contributed by atoms with Gasteiger partial charge in [0, 0.05) is 12.3 Å². The van der Waals surface area contributed by atoms with E-state index in [0.29, 0.717) is 0 Å². The summed E-state index contributed by atoms with van der Waals surface area (Å²) >= 11 is 0. The molecule has 0 aliphatic heterocycles. The molecular formula is C13H12N4O. The first kappa shape index (κ1) is 10.7. The van der Waals surface area contributed by atoms with Crippen molar-refractivity contribution in [2.24, 2.45) is 0 Å². The van der Waals surface area contributed by atoms with Crippen molar-refractivity contribution < 1.29 is 4.74 Å². The van der Waals surface area contributed by atoms with E-state index < -0.39 is 0 Å². The van der Waals surface area contributed by atoms with E-state index in [1.54, 1.807) is 18.0 Å². The first-order valence-corrected chi connectivity index (χ1v) is 5.61. The average molecular weight is 240 g/mol. The molecule has 0 N–H and O–H groups in total. The predicted octanol–water partition coefficient (Wildman–Crippen LogP) is 2.13. The van der Waals surface area contributed by atoms with Crippen LogP contribution in [0.15, 0.2) is 36.5 Å². The number of pyridine rings is 1. The van der Waals surface area contributed by atoms with Gasteiger partial charge in [0.05, 0.1) is 12.8 Å². The lowest BCUT2D eigenvalue weighted by Crippen LogP contribution is -1.99. The molecule has 3 aromatic rings. The maximum atomic E-state index is 5.31. The van der Waals surface area contributed by atoms with Gasteiger partial charge in [-0.15, -0.1) is 5.10 Å². The Morgan fingerprint density at radius 2 is 2.11 bits per heavy atom. The number of benzene rings is 1. The molecule has 0 spiro atoms. The number of nitrogens with zero attached hydrogens (tertiary/aromatic N) is 4. The molecule has 0 aliphatic rings. The Morgan fingerprint density at radius 3 is 2.94 bits per heavy atom. The van der Waals surface area contributed by atoms with E-state index >= 15 is 0 Å². The zero-order chi connectivity index (χ0) is 12.5. The smallest absolute Gasteiger partial charge is 0.183 e. The van der Waals surface area contributed by atoms with E-state index in [0.717, 1.165) is 28.2 Å². The van der Waals surface area contributed by atoms with Crippen LogP contribution in [0.1, 0.15) is 5.56 Å². The summed E-state index contributed by atoms with van der Waals surface area (Å²) in [5, 5.41) is 8.20. The van der Waals surface area contributed by atoms with E-state index in [1.165, 1.54) is 0 Å². The number of hydrogen-bond acceptors (Lipinski definition) is 4. The molecule has 18 heavy (non-hydrogen) atoms. The lowest BCUT2D eigenvalue weighted by Gasteiger charge is -2.07. The van der Waals surface area contributed by atoms with Gasteiger partial charge in [0.15, 0.2) is 5.65 Å². The Kier molecular flexibility index (Phi) is 2.44. The topological polar surface area (TPSA) is 52.8 Å². The fourth-order valence-corrected chi connectivity index (χ4v) is 1.88. The molecule has 0 aliphatic carbocycles. The fourth-order valence-electron chi connectivity index (χ4n) is 1.88. The van der Waals surface area contributed by atoms with Gasteiger partial charge in [-0.05, 0) is 30.7 Å². The standard InChI is InChI=1S/C13H12N4O/c1-9-5-6-10(8-12(9)18-2)17-13-11(15-16-17)4-3-7-14-13/h3-8H,1-2H3. The molecule has 2 heterocycles. The first-order valence-electron chi connectivity index (χ1n) is 5.61. The number of aromatic nitrogens is 4. The Morgan fingerprint density at radius 1 is 1.22 bits per heavy atom. The van der Waals surface area contributed by atoms with E-state index in [2.05, 4.69) is 15.3 Å². The second kappa shape index (κ2) is 4.10. The minimum absolute atomic E-state index is 0.739. The summed E-state index contributed by atoms with van der Waals surface area (Å²) in [6.07, 6.45) is 1.73. The summed E-state index contributed by atoms with van der Waals surface area (Å²) in [6.45, 7) is 2.00. The fraction of sp³-hybridized carbons (Fsp3) is 0.154. The summed E-state index contributed by atoms with van der Waals surface area (Å²) < 4.78 is 7.02. The molecule has 5 nitrogen and oxygen atoms in total. The normalized spacial score (nSPS) is 10.8. The van der Waals surface area contributed by atoms with E-state index in [1.807, 2.05) is 37.3 Å². The van der Waals surface area contributed by atoms with Crippen LogP contribution in [0, 0.1) is 6.92 Å². The summed E-state index contributed by atoms with van der Waals surface area (Å²) in [5.41, 5.74) is 3.48. The van der Waals surface area contributed by atoms with Crippen LogP contribution < -0.4 is 4.74 Å². The van der Waals surface area contributed by atoms with Crippen molar-refractivity contribution in [3.8, 4) is 11.4 Å². The molecule has 3 rings (SSSR count). The van der Waals surface area contributed by atoms with Crippen molar-refractivity contribution >= 4 is 11.2 Å². The third kappa shape index (κ3) is 1.60. The highest BCUT2D eigenvalue weighted by atomic mass is 16.5. The van der Waals surface area contributed by atoms with Gasteiger partial charge < -0.3 is 4.74 Å². The zero-order valence-corrected chi connectivity index (χ0v) is 10.2. The van der Waals surface area contributed by atoms with Crippen LogP contribution in [0.2, 0.25) is 0 Å². The minimum Gasteiger partial charge on any atom is -0.496 e. The Hall–Kier alpha value is -2.43. The highest BCUT2D eigenvalue weighted by molar-refractivity contribution is 5.71. The lowest BCUT2D eigenvalue weighted by atomic mass is 10.2. The molecule has 1 aromatic carbocycles. The average Bonchev–Trinajstić information content (AvgIpc) is 2.83. The van der Waals surface area contributed by atoms with Crippen LogP contribution in [0.5, 0.6) is 5.75 Å². The van der Waals surface area contributed by atoms with Crippen LogP contribution in [0.4, 0.5) is 0 Å². The molecule has 0 atom stereocenters. The Bertz CT molecular complexity index is 705. The SMILES string of the molecule is COc1cc(-n2nnc3cccnc32)ccc1C. The number of aryl methyl sites for hydroxylation is 1. The molecule has 90 valence electrons. The minimum atomic E-state index is 0.739. The Balaban J connectivity index is 2.20. The van der Waals surface area contributed by atoms with Crippen LogP contribution in [-0.4, -0.2) is 27.1 Å². The number of hydrogen-bond donors (Lipinski definition) is 0. The molecule has 0 radical (unpaired) electrons. The third-order valence-electron chi connectivity index (χ3n) is 2.84. The summed E-state index contributed by atoms with van der Waals surface area (Å²) in [7, 11) is 1.66. The molecule has 2 aromatic heterocycles. The lowest BCUT2D eigenvalue weighted by molar-refractivity contribution is 0.411. The van der Waals surface area contributed by atoms with Gasteiger partial charge in [0.1, 0.15) is 11.3 Å². The number of rotatable bonds is 2. The summed E-state index contributed by atoms with van der Waals surface area (Å²) in [6, 6.07) is 9.62. The maximum Gasteiger partial charge on any atom is 0.183 e. The van der Waals surface area contributed by atoms with Crippen molar-refractivity contribution in [1.29, 1.82) is 0 Å². The van der Waals surface area contributed by atoms with Gasteiger partial charge >= 0.3 is 0 Å². The first-order chi connectivity index (χ1) is 8.79. The van der Waals surface area contributed by atoms with Crippen LogP contribution in [0.25, 0.3) is 16.9 Å². The summed E-state index contributed by atoms with van der Waals surface area (Å²) in [4.78, 5) is 4.29. The van der Waals surface area contributed by atoms with Gasteiger partial charge in [-0.1, -0.05) is 11.3 Å². The van der Waals surface area contributed by atoms with E-state index in [-0.39, 0.29) is 0 Å². The molecule has 0 saturated carbocycles. The third-order valence-corrected chi connectivity index (χ3v) is 2.84. The Labute approximate surface area is 104 Å². The monoisotopic (exact) mass is 240 g/mol. The molecule has 0 bridgehead atoms. The van der Waals surface area contributed by atoms with Crippen LogP contribution >= 0.6 is 0 Å². The van der Waals surface area contributed by atoms with Gasteiger partial charge in [-0.3, -0.25) is 0 Å². The molecule has 5 heteroatoms. The molecule has 0 saturated heterocycles. The number of fused-ring (bicyclic) bond motifs is 1. The van der Waals surface area contributed by atoms with Gasteiger partial charge in [-0.25, -0.2) is 4.98 Å². The molecular weight excluding hydrogens is 228 g/mol. The highest BCUT2D eigenvalue weighted by Gasteiger charge is 2.08. The van der Waals surface area contributed by atoms with Crippen molar-refractivity contribution in [1.82, 2.24) is 20.0 Å². The number of methoxy groups -OCH3 is 1. The van der Waals surface area contributed by atoms with E-state index in [9.17, 15) is 0 Å². The number of ether oxygens (including phenoxy) is 1. The van der Waals surface area contributed by atoms with Crippen LogP contribution in [0.3, 0.4) is 0 Å². The second-order valence-corrected chi connectivity index (χ2v) is 4.00. The van der Waals surface area contributed by atoms with Crippen molar-refractivity contribution in [2.45, 2.75) is 6.92 Å². The molecule has 0 unspecified atom stereocenters. The van der Waals surface area contributed by atoms with Crippen molar-refractivity contribution in [3.05, 3.63) is 42.1 Å². The highest BCUT2D eigenvalue weighted by Crippen LogP contribution is 2.22. The molecule has 0 fully saturated rings. The quantitative estimate of drug-likeness (QED) is 0.688. The van der Waals surface area contributed by atoms with E-state index in [4.69, 9.17) is 4.74 Å². The predicted molar refractivity (Wildman–Crippen MR) is 67.9 cm³/mol. The van der Waals surface area contributed by atoms with Gasteiger partial charge in [0.25, 0.3) is 0 Å². The zero-order valence-electron chi connectivity index (χ0n) is 10.2. The van der Waals surface area contributed by atoms with Gasteiger partial charge in [-0.2, -0.15) is 4.68 Å². The molecule has 0 amide bonds.